The highest BCUT2D eigenvalue weighted by Crippen LogP contribution is 2.31. The minimum atomic E-state index is -4.18. The molecular weight excluding hydrogens is 430 g/mol. The molecule has 0 bridgehead atoms. The molecule has 0 aliphatic carbocycles. The zero-order chi connectivity index (χ0) is 22.6. The highest BCUT2D eigenvalue weighted by Gasteiger charge is 2.20. The van der Waals surface area contributed by atoms with Crippen LogP contribution in [-0.2, 0) is 10.0 Å². The van der Waals surface area contributed by atoms with E-state index in [0.717, 1.165) is 30.3 Å². The molecule has 2 N–H and O–H groups in total. The second-order valence-electron chi connectivity index (χ2n) is 6.27. The highest BCUT2D eigenvalue weighted by atomic mass is 32.2. The number of hydrogen-bond acceptors (Lipinski definition) is 5. The monoisotopic (exact) mass is 448 g/mol. The van der Waals surface area contributed by atoms with Crippen LogP contribution in [0.3, 0.4) is 0 Å². The zero-order valence-corrected chi connectivity index (χ0v) is 17.3. The van der Waals surface area contributed by atoms with Gasteiger partial charge in [-0.05, 0) is 54.6 Å². The molecule has 0 unspecified atom stereocenters. The fraction of sp³-hybridized carbons (Fsp3) is 0.0952. The summed E-state index contributed by atoms with van der Waals surface area (Å²) in [5, 5.41) is 2.32. The Labute approximate surface area is 177 Å². The first-order valence-electron chi connectivity index (χ1n) is 8.85. The zero-order valence-electron chi connectivity index (χ0n) is 16.5. The predicted molar refractivity (Wildman–Crippen MR) is 111 cm³/mol. The molecule has 7 nitrogen and oxygen atoms in total. The van der Waals surface area contributed by atoms with Crippen LogP contribution in [0, 0.1) is 11.6 Å². The number of amides is 1. The molecule has 0 radical (unpaired) electrons. The van der Waals surface area contributed by atoms with E-state index < -0.39 is 27.6 Å². The largest absolute Gasteiger partial charge is 0.497 e. The molecule has 3 rings (SSSR count). The Bertz CT molecular complexity index is 1210. The standard InChI is InChI=1S/C21H18F2N2O5S/c1-29-15-7-10-20(30-2)19(11-15)25-31(27,28)16-8-9-18(17(23)12-16)24-21(26)13-3-5-14(22)6-4-13/h3-12,25H,1-2H3,(H,24,26). The first-order chi connectivity index (χ1) is 14.7. The molecule has 0 aromatic heterocycles. The topological polar surface area (TPSA) is 93.7 Å². The molecule has 162 valence electrons. The first kappa shape index (κ1) is 22.0. The van der Waals surface area contributed by atoms with Crippen LogP contribution in [-0.4, -0.2) is 28.5 Å². The van der Waals surface area contributed by atoms with Gasteiger partial charge in [0.2, 0.25) is 0 Å². The van der Waals surface area contributed by atoms with Crippen LogP contribution in [0.25, 0.3) is 0 Å². The lowest BCUT2D eigenvalue weighted by atomic mass is 10.2. The summed E-state index contributed by atoms with van der Waals surface area (Å²) in [6.07, 6.45) is 0. The molecular formula is C21H18F2N2O5S. The smallest absolute Gasteiger partial charge is 0.262 e. The number of nitrogens with one attached hydrogen (secondary N) is 2. The average Bonchev–Trinajstić information content (AvgIpc) is 2.75. The van der Waals surface area contributed by atoms with Gasteiger partial charge in [0.05, 0.1) is 30.5 Å². The van der Waals surface area contributed by atoms with Crippen LogP contribution in [0.1, 0.15) is 10.4 Å². The van der Waals surface area contributed by atoms with Gasteiger partial charge in [0.1, 0.15) is 23.1 Å². The van der Waals surface area contributed by atoms with Gasteiger partial charge in [-0.1, -0.05) is 0 Å². The van der Waals surface area contributed by atoms with Crippen LogP contribution >= 0.6 is 0 Å². The predicted octanol–water partition coefficient (Wildman–Crippen LogP) is 4.04. The molecule has 31 heavy (non-hydrogen) atoms. The Kier molecular flexibility index (Phi) is 6.40. The third-order valence-corrected chi connectivity index (χ3v) is 5.62. The number of rotatable bonds is 7. The van der Waals surface area contributed by atoms with E-state index >= 15 is 0 Å². The second-order valence-corrected chi connectivity index (χ2v) is 7.96. The summed E-state index contributed by atoms with van der Waals surface area (Å²) in [4.78, 5) is 11.8. The van der Waals surface area contributed by atoms with E-state index in [1.807, 2.05) is 0 Å². The normalized spacial score (nSPS) is 11.0. The molecule has 0 spiro atoms. The summed E-state index contributed by atoms with van der Waals surface area (Å²) >= 11 is 0. The molecule has 3 aromatic carbocycles. The van der Waals surface area contributed by atoms with E-state index in [1.165, 1.54) is 38.5 Å². The summed E-state index contributed by atoms with van der Waals surface area (Å²) in [6, 6.07) is 12.2. The number of ether oxygens (including phenoxy) is 2. The number of methoxy groups -OCH3 is 2. The molecule has 10 heteroatoms. The van der Waals surface area contributed by atoms with Crippen LogP contribution in [0.5, 0.6) is 11.5 Å². The van der Waals surface area contributed by atoms with Crippen molar-refractivity contribution in [2.75, 3.05) is 24.3 Å². The lowest BCUT2D eigenvalue weighted by Gasteiger charge is -2.14. The molecule has 1 amide bonds. The van der Waals surface area contributed by atoms with Gasteiger partial charge < -0.3 is 14.8 Å². The number of halogens is 2. The third kappa shape index (κ3) is 5.10. The van der Waals surface area contributed by atoms with Gasteiger partial charge >= 0.3 is 0 Å². The lowest BCUT2D eigenvalue weighted by molar-refractivity contribution is 0.102. The van der Waals surface area contributed by atoms with Crippen LogP contribution in [0.2, 0.25) is 0 Å². The van der Waals surface area contributed by atoms with E-state index in [1.54, 1.807) is 6.07 Å². The molecule has 0 aliphatic heterocycles. The number of carbonyl (C=O) groups excluding carboxylic acids is 1. The van der Waals surface area contributed by atoms with Gasteiger partial charge in [-0.15, -0.1) is 0 Å². The minimum absolute atomic E-state index is 0.107. The lowest BCUT2D eigenvalue weighted by Crippen LogP contribution is -2.16. The Morgan fingerprint density at radius 3 is 2.19 bits per heavy atom. The van der Waals surface area contributed by atoms with E-state index in [9.17, 15) is 22.0 Å². The van der Waals surface area contributed by atoms with Crippen molar-refractivity contribution < 1.29 is 31.5 Å². The van der Waals surface area contributed by atoms with E-state index in [4.69, 9.17) is 9.47 Å². The van der Waals surface area contributed by atoms with Crippen molar-refractivity contribution in [2.24, 2.45) is 0 Å². The molecule has 0 aliphatic rings. The van der Waals surface area contributed by atoms with Crippen LogP contribution in [0.4, 0.5) is 20.2 Å². The number of carbonyl (C=O) groups is 1. The number of benzene rings is 3. The SMILES string of the molecule is COc1ccc(OC)c(NS(=O)(=O)c2ccc(NC(=O)c3ccc(F)cc3)c(F)c2)c1. The molecule has 0 heterocycles. The van der Waals surface area contributed by atoms with Crippen molar-refractivity contribution in [1.82, 2.24) is 0 Å². The molecule has 3 aromatic rings. The molecule has 0 atom stereocenters. The summed E-state index contributed by atoms with van der Waals surface area (Å²) < 4.78 is 65.4. The Hall–Kier alpha value is -3.66. The van der Waals surface area contributed by atoms with Crippen molar-refractivity contribution in [3.63, 3.8) is 0 Å². The van der Waals surface area contributed by atoms with Crippen molar-refractivity contribution in [2.45, 2.75) is 4.90 Å². The summed E-state index contributed by atoms with van der Waals surface area (Å²) in [5.74, 6) is -1.52. The number of sulfonamides is 1. The van der Waals surface area contributed by atoms with Crippen LogP contribution in [0.15, 0.2) is 65.6 Å². The maximum absolute atomic E-state index is 14.5. The number of anilines is 2. The third-order valence-electron chi connectivity index (χ3n) is 4.26. The van der Waals surface area contributed by atoms with Crippen molar-refractivity contribution in [3.05, 3.63) is 77.9 Å². The summed E-state index contributed by atoms with van der Waals surface area (Å²) in [6.45, 7) is 0. The van der Waals surface area contributed by atoms with Gasteiger partial charge in [-0.3, -0.25) is 9.52 Å². The van der Waals surface area contributed by atoms with Gasteiger partial charge in [0.15, 0.2) is 0 Å². The van der Waals surface area contributed by atoms with Gasteiger partial charge in [0.25, 0.3) is 15.9 Å². The fourth-order valence-electron chi connectivity index (χ4n) is 2.66. The second kappa shape index (κ2) is 9.00. The van der Waals surface area contributed by atoms with Crippen molar-refractivity contribution in [3.8, 4) is 11.5 Å². The Balaban J connectivity index is 1.83. The first-order valence-corrected chi connectivity index (χ1v) is 10.3. The summed E-state index contributed by atoms with van der Waals surface area (Å²) in [5.41, 5.74) is -0.00697. The fourth-order valence-corrected chi connectivity index (χ4v) is 3.73. The molecule has 0 fully saturated rings. The maximum Gasteiger partial charge on any atom is 0.262 e. The van der Waals surface area contributed by atoms with Gasteiger partial charge in [-0.2, -0.15) is 0 Å². The van der Waals surface area contributed by atoms with E-state index in [-0.39, 0.29) is 27.6 Å². The quantitative estimate of drug-likeness (QED) is 0.569. The van der Waals surface area contributed by atoms with Crippen molar-refractivity contribution in [1.29, 1.82) is 0 Å². The van der Waals surface area contributed by atoms with Gasteiger partial charge in [0, 0.05) is 11.6 Å². The molecule has 0 saturated heterocycles. The minimum Gasteiger partial charge on any atom is -0.497 e. The van der Waals surface area contributed by atoms with E-state index in [2.05, 4.69) is 10.0 Å². The summed E-state index contributed by atoms with van der Waals surface area (Å²) in [7, 11) is -1.38. The maximum atomic E-state index is 14.5. The van der Waals surface area contributed by atoms with Gasteiger partial charge in [-0.25, -0.2) is 17.2 Å². The van der Waals surface area contributed by atoms with Crippen molar-refractivity contribution >= 4 is 27.3 Å². The highest BCUT2D eigenvalue weighted by molar-refractivity contribution is 7.92. The Morgan fingerprint density at radius 1 is 0.871 bits per heavy atom. The Morgan fingerprint density at radius 2 is 1.58 bits per heavy atom. The van der Waals surface area contributed by atoms with Crippen LogP contribution < -0.4 is 19.5 Å². The average molecular weight is 448 g/mol. The molecule has 0 saturated carbocycles. The van der Waals surface area contributed by atoms with E-state index in [0.29, 0.717) is 5.75 Å². The number of hydrogen-bond donors (Lipinski definition) is 2.